The second kappa shape index (κ2) is 7.91. The molecule has 0 aromatic carbocycles. The van der Waals surface area contributed by atoms with Crippen LogP contribution in [0.4, 0.5) is 13.2 Å². The number of fused-ring (bicyclic) bond motifs is 1. The number of alkyl halides is 3. The number of hydrogen-bond acceptors (Lipinski definition) is 7. The molecule has 0 aliphatic heterocycles. The molecule has 0 aliphatic carbocycles. The molecule has 0 amide bonds. The van der Waals surface area contributed by atoms with Crippen LogP contribution in [0.5, 0.6) is 0 Å². The fourth-order valence-electron chi connectivity index (χ4n) is 2.89. The number of aryl methyl sites for hydroxylation is 1. The molecular weight excluding hydrogens is 435 g/mol. The number of halogens is 3. The topological polar surface area (TPSA) is 74.3 Å². The van der Waals surface area contributed by atoms with Crippen molar-refractivity contribution in [3.63, 3.8) is 0 Å². The third-order valence-corrected chi connectivity index (χ3v) is 5.76. The molecule has 156 valence electrons. The highest BCUT2D eigenvalue weighted by Gasteiger charge is 2.32. The molecule has 7 nitrogen and oxygen atoms in total. The third kappa shape index (κ3) is 3.76. The van der Waals surface area contributed by atoms with E-state index in [1.165, 1.54) is 11.8 Å². The number of thioether (sulfide) groups is 2. The number of hydrogen-bond donors (Lipinski definition) is 0. The highest BCUT2D eigenvalue weighted by Crippen LogP contribution is 2.34. The Balaban J connectivity index is 1.88. The molecule has 4 aromatic heterocycles. The van der Waals surface area contributed by atoms with Gasteiger partial charge in [0.25, 0.3) is 0 Å². The summed E-state index contributed by atoms with van der Waals surface area (Å²) >= 11 is 2.98. The summed E-state index contributed by atoms with van der Waals surface area (Å²) in [6.07, 6.45) is -0.223. The first-order chi connectivity index (χ1) is 14.3. The molecule has 0 bridgehead atoms. The van der Waals surface area contributed by atoms with Gasteiger partial charge >= 0.3 is 6.18 Å². The maximum Gasteiger partial charge on any atom is 0.417 e. The van der Waals surface area contributed by atoms with Gasteiger partial charge in [0.15, 0.2) is 17.3 Å². The van der Waals surface area contributed by atoms with Gasteiger partial charge in [-0.05, 0) is 30.2 Å². The van der Waals surface area contributed by atoms with E-state index in [1.807, 2.05) is 25.3 Å². The standard InChI is InChI=1S/C18H16F3N7S2/c1-4-30-12-5-6-13(28-9-23-17(26-28)29-3)25-14(12)16-24-11-7-10(18(19,20)21)8-22-15(11)27(16)2/h5-9H,4H2,1-3H3. The molecular formula is C18H16F3N7S2. The summed E-state index contributed by atoms with van der Waals surface area (Å²) in [6, 6.07) is 4.73. The first-order valence-electron chi connectivity index (χ1n) is 8.81. The average molecular weight is 452 g/mol. The molecule has 30 heavy (non-hydrogen) atoms. The lowest BCUT2D eigenvalue weighted by molar-refractivity contribution is -0.137. The van der Waals surface area contributed by atoms with E-state index < -0.39 is 11.7 Å². The number of nitrogens with zero attached hydrogens (tertiary/aromatic N) is 7. The van der Waals surface area contributed by atoms with Gasteiger partial charge in [0.1, 0.15) is 17.5 Å². The fourth-order valence-corrected chi connectivity index (χ4v) is 3.96. The van der Waals surface area contributed by atoms with Crippen LogP contribution in [0, 0.1) is 0 Å². The first-order valence-corrected chi connectivity index (χ1v) is 11.0. The van der Waals surface area contributed by atoms with E-state index >= 15 is 0 Å². The zero-order chi connectivity index (χ0) is 21.5. The van der Waals surface area contributed by atoms with E-state index in [0.29, 0.717) is 28.1 Å². The number of aromatic nitrogens is 7. The van der Waals surface area contributed by atoms with E-state index in [9.17, 15) is 13.2 Å². The Morgan fingerprint density at radius 2 is 1.93 bits per heavy atom. The summed E-state index contributed by atoms with van der Waals surface area (Å²) in [5.74, 6) is 1.77. The average Bonchev–Trinajstić information content (AvgIpc) is 3.32. The molecule has 4 rings (SSSR count). The van der Waals surface area contributed by atoms with Crippen molar-refractivity contribution in [3.8, 4) is 17.3 Å². The van der Waals surface area contributed by atoms with Crippen molar-refractivity contribution in [1.29, 1.82) is 0 Å². The molecule has 0 radical (unpaired) electrons. The summed E-state index contributed by atoms with van der Waals surface area (Å²) < 4.78 is 42.4. The van der Waals surface area contributed by atoms with Gasteiger partial charge in [0.05, 0.1) is 5.56 Å². The summed E-state index contributed by atoms with van der Waals surface area (Å²) in [4.78, 5) is 18.2. The number of pyridine rings is 2. The summed E-state index contributed by atoms with van der Waals surface area (Å²) in [5.41, 5.74) is 0.224. The first kappa shape index (κ1) is 20.7. The summed E-state index contributed by atoms with van der Waals surface area (Å²) in [5, 5.41) is 4.96. The minimum Gasteiger partial charge on any atom is -0.310 e. The van der Waals surface area contributed by atoms with Crippen LogP contribution >= 0.6 is 23.5 Å². The molecule has 0 N–H and O–H groups in total. The predicted octanol–water partition coefficient (Wildman–Crippen LogP) is 4.46. The van der Waals surface area contributed by atoms with Crippen molar-refractivity contribution in [1.82, 2.24) is 34.3 Å². The van der Waals surface area contributed by atoms with Gasteiger partial charge in [-0.1, -0.05) is 18.7 Å². The van der Waals surface area contributed by atoms with E-state index in [1.54, 1.807) is 34.4 Å². The zero-order valence-electron chi connectivity index (χ0n) is 16.2. The smallest absolute Gasteiger partial charge is 0.310 e. The van der Waals surface area contributed by atoms with Gasteiger partial charge in [-0.15, -0.1) is 16.9 Å². The van der Waals surface area contributed by atoms with Crippen LogP contribution in [0.2, 0.25) is 0 Å². The van der Waals surface area contributed by atoms with Gasteiger partial charge in [-0.25, -0.2) is 24.6 Å². The quantitative estimate of drug-likeness (QED) is 0.415. The second-order valence-corrected chi connectivity index (χ2v) is 8.26. The molecule has 0 saturated heterocycles. The van der Waals surface area contributed by atoms with Crippen molar-refractivity contribution in [3.05, 3.63) is 36.3 Å². The molecule has 0 saturated carbocycles. The van der Waals surface area contributed by atoms with Crippen LogP contribution in [0.25, 0.3) is 28.5 Å². The Labute approximate surface area is 178 Å². The minimum absolute atomic E-state index is 0.160. The SMILES string of the molecule is CCSc1ccc(-n2cnc(SC)n2)nc1-c1nc2cc(C(F)(F)F)cnc2n1C. The van der Waals surface area contributed by atoms with Crippen molar-refractivity contribution in [2.75, 3.05) is 12.0 Å². The van der Waals surface area contributed by atoms with Gasteiger partial charge in [-0.3, -0.25) is 0 Å². The van der Waals surface area contributed by atoms with Crippen LogP contribution in [0.1, 0.15) is 12.5 Å². The van der Waals surface area contributed by atoms with Crippen LogP contribution in [-0.4, -0.2) is 46.3 Å². The normalized spacial score (nSPS) is 12.1. The molecule has 0 aliphatic rings. The Morgan fingerprint density at radius 3 is 2.60 bits per heavy atom. The van der Waals surface area contributed by atoms with Gasteiger partial charge in [0.2, 0.25) is 5.16 Å². The Hall–Kier alpha value is -2.60. The van der Waals surface area contributed by atoms with Gasteiger partial charge in [-0.2, -0.15) is 13.2 Å². The Kier molecular flexibility index (Phi) is 5.45. The van der Waals surface area contributed by atoms with E-state index in [2.05, 4.69) is 20.1 Å². The lowest BCUT2D eigenvalue weighted by atomic mass is 10.2. The maximum absolute atomic E-state index is 13.1. The van der Waals surface area contributed by atoms with Crippen LogP contribution in [-0.2, 0) is 13.2 Å². The minimum atomic E-state index is -4.48. The molecule has 0 spiro atoms. The second-order valence-electron chi connectivity index (χ2n) is 6.18. The fraction of sp³-hybridized carbons (Fsp3) is 0.278. The van der Waals surface area contributed by atoms with E-state index in [-0.39, 0.29) is 5.52 Å². The van der Waals surface area contributed by atoms with Crippen LogP contribution in [0.3, 0.4) is 0 Å². The molecule has 4 aromatic rings. The lowest BCUT2D eigenvalue weighted by Crippen LogP contribution is -2.05. The van der Waals surface area contributed by atoms with Gasteiger partial charge < -0.3 is 4.57 Å². The monoisotopic (exact) mass is 451 g/mol. The van der Waals surface area contributed by atoms with Crippen molar-refractivity contribution in [2.45, 2.75) is 23.2 Å². The van der Waals surface area contributed by atoms with E-state index in [4.69, 9.17) is 4.98 Å². The van der Waals surface area contributed by atoms with Crippen LogP contribution < -0.4 is 0 Å². The predicted molar refractivity (Wildman–Crippen MR) is 110 cm³/mol. The highest BCUT2D eigenvalue weighted by molar-refractivity contribution is 7.99. The molecule has 0 fully saturated rings. The lowest BCUT2D eigenvalue weighted by Gasteiger charge is -2.10. The molecule has 0 atom stereocenters. The van der Waals surface area contributed by atoms with Crippen molar-refractivity contribution < 1.29 is 13.2 Å². The third-order valence-electron chi connectivity index (χ3n) is 4.28. The zero-order valence-corrected chi connectivity index (χ0v) is 17.8. The summed E-state index contributed by atoms with van der Waals surface area (Å²) in [6.45, 7) is 2.01. The molecule has 12 heteroatoms. The Bertz CT molecular complexity index is 1220. The van der Waals surface area contributed by atoms with Crippen LogP contribution in [0.15, 0.2) is 40.8 Å². The van der Waals surface area contributed by atoms with E-state index in [0.717, 1.165) is 22.9 Å². The van der Waals surface area contributed by atoms with Crippen molar-refractivity contribution >= 4 is 34.7 Å². The number of imidazole rings is 1. The Morgan fingerprint density at radius 1 is 1.13 bits per heavy atom. The van der Waals surface area contributed by atoms with Crippen molar-refractivity contribution in [2.24, 2.45) is 7.05 Å². The summed E-state index contributed by atoms with van der Waals surface area (Å²) in [7, 11) is 1.71. The highest BCUT2D eigenvalue weighted by atomic mass is 32.2. The van der Waals surface area contributed by atoms with Gasteiger partial charge in [0, 0.05) is 18.1 Å². The molecule has 4 heterocycles. The molecule has 0 unspecified atom stereocenters. The largest absolute Gasteiger partial charge is 0.417 e. The number of rotatable bonds is 5. The maximum atomic E-state index is 13.1.